The van der Waals surface area contributed by atoms with Crippen LogP contribution < -0.4 is 15.4 Å². The molecule has 3 rings (SSSR count). The van der Waals surface area contributed by atoms with E-state index in [4.69, 9.17) is 9.16 Å². The number of non-ortho nitro benzene ring substituents is 1. The fourth-order valence-corrected chi connectivity index (χ4v) is 4.01. The molecule has 31 heavy (non-hydrogen) atoms. The first-order chi connectivity index (χ1) is 14.5. The van der Waals surface area contributed by atoms with Gasteiger partial charge in [-0.05, 0) is 36.7 Å². The van der Waals surface area contributed by atoms with Gasteiger partial charge in [0, 0.05) is 25.4 Å². The number of rotatable bonds is 8. The number of nitrogens with zero attached hydrogens (tertiary/aromatic N) is 3. The molecule has 1 aromatic heterocycles. The average Bonchev–Trinajstić information content (AvgIpc) is 3.15. The van der Waals surface area contributed by atoms with Gasteiger partial charge in [0.25, 0.3) is 5.69 Å². The summed E-state index contributed by atoms with van der Waals surface area (Å²) >= 11 is 0. The highest BCUT2D eigenvalue weighted by atomic mass is 28.4. The van der Waals surface area contributed by atoms with Crippen molar-refractivity contribution in [2.75, 3.05) is 19.8 Å². The summed E-state index contributed by atoms with van der Waals surface area (Å²) in [6.45, 7) is 12.6. The zero-order chi connectivity index (χ0) is 22.8. The predicted molar refractivity (Wildman–Crippen MR) is 118 cm³/mol. The van der Waals surface area contributed by atoms with E-state index in [1.165, 1.54) is 12.1 Å². The minimum atomic E-state index is -1.83. The minimum Gasteiger partial charge on any atom is -0.436 e. The molecule has 0 unspecified atom stereocenters. The second-order valence-corrected chi connectivity index (χ2v) is 13.9. The van der Waals surface area contributed by atoms with Gasteiger partial charge in [-0.2, -0.15) is 0 Å². The van der Waals surface area contributed by atoms with Crippen molar-refractivity contribution in [3.8, 4) is 5.75 Å². The average molecular weight is 449 g/mol. The van der Waals surface area contributed by atoms with Crippen molar-refractivity contribution < 1.29 is 18.5 Å². The molecular weight excluding hydrogens is 419 g/mol. The number of halogens is 1. The molecule has 0 spiro atoms. The van der Waals surface area contributed by atoms with E-state index in [0.717, 1.165) is 17.8 Å². The fraction of sp³-hybridized carbons (Fsp3) is 0.476. The first-order valence-corrected chi connectivity index (χ1v) is 13.1. The van der Waals surface area contributed by atoms with Crippen LogP contribution in [0.1, 0.15) is 27.2 Å². The summed E-state index contributed by atoms with van der Waals surface area (Å²) in [6.07, 6.45) is 2.50. The van der Waals surface area contributed by atoms with Gasteiger partial charge in [0.2, 0.25) is 5.88 Å². The Kier molecular flexibility index (Phi) is 6.51. The van der Waals surface area contributed by atoms with Crippen molar-refractivity contribution in [3.63, 3.8) is 0 Å². The van der Waals surface area contributed by atoms with E-state index in [9.17, 15) is 14.5 Å². The molecule has 1 aromatic carbocycles. The van der Waals surface area contributed by atoms with Gasteiger partial charge in [-0.3, -0.25) is 15.1 Å². The molecule has 8 nitrogen and oxygen atoms in total. The predicted octanol–water partition coefficient (Wildman–Crippen LogP) is 3.51. The standard InChI is InChI=1S/C21H29FN4O4Si/c1-21(2,3)31(4,5)29-12-6-11-25-14-24-17-9-10-23-19(17)20(25)30-18-8-7-15(26(27)28)13-16(18)22/h7-10,13,23H,6,11-12,14H2,1-5H3. The zero-order valence-electron chi connectivity index (χ0n) is 18.6. The molecule has 0 fully saturated rings. The van der Waals surface area contributed by atoms with Crippen LogP contribution in [0.2, 0.25) is 18.1 Å². The van der Waals surface area contributed by atoms with Crippen molar-refractivity contribution in [2.24, 2.45) is 4.99 Å². The van der Waals surface area contributed by atoms with Gasteiger partial charge in [0.1, 0.15) is 12.0 Å². The molecule has 0 bridgehead atoms. The van der Waals surface area contributed by atoms with E-state index in [0.29, 0.717) is 31.1 Å². The van der Waals surface area contributed by atoms with Crippen LogP contribution in [0, 0.1) is 15.9 Å². The Labute approximate surface area is 181 Å². The highest BCUT2D eigenvalue weighted by Gasteiger charge is 2.36. The molecule has 1 aliphatic rings. The molecule has 1 N–H and O–H groups in total. The number of H-pyrrole nitrogens is 1. The summed E-state index contributed by atoms with van der Waals surface area (Å²) < 4.78 is 26.6. The lowest BCUT2D eigenvalue weighted by Gasteiger charge is -2.36. The molecule has 10 heteroatoms. The van der Waals surface area contributed by atoms with Gasteiger partial charge in [0.05, 0.1) is 16.3 Å². The smallest absolute Gasteiger partial charge is 0.272 e. The van der Waals surface area contributed by atoms with Crippen molar-refractivity contribution in [3.05, 3.63) is 57.1 Å². The summed E-state index contributed by atoms with van der Waals surface area (Å²) in [5, 5.41) is 12.4. The molecule has 0 saturated heterocycles. The van der Waals surface area contributed by atoms with Gasteiger partial charge in [-0.15, -0.1) is 0 Å². The molecule has 2 aromatic rings. The lowest BCUT2D eigenvalue weighted by Crippen LogP contribution is -2.43. The van der Waals surface area contributed by atoms with Gasteiger partial charge in [0.15, 0.2) is 19.9 Å². The van der Waals surface area contributed by atoms with E-state index < -0.39 is 19.1 Å². The number of aromatic nitrogens is 1. The maximum absolute atomic E-state index is 14.4. The van der Waals surface area contributed by atoms with Gasteiger partial charge >= 0.3 is 0 Å². The third kappa shape index (κ3) is 5.13. The second-order valence-electron chi connectivity index (χ2n) is 9.04. The van der Waals surface area contributed by atoms with Gasteiger partial charge in [-0.1, -0.05) is 20.8 Å². The first-order valence-electron chi connectivity index (χ1n) is 10.2. The summed E-state index contributed by atoms with van der Waals surface area (Å²) in [6, 6.07) is 5.17. The van der Waals surface area contributed by atoms with E-state index in [1.807, 2.05) is 11.0 Å². The van der Waals surface area contributed by atoms with Gasteiger partial charge in [-0.25, -0.2) is 4.39 Å². The van der Waals surface area contributed by atoms with E-state index in [1.54, 1.807) is 6.20 Å². The van der Waals surface area contributed by atoms with E-state index in [-0.39, 0.29) is 16.5 Å². The third-order valence-corrected chi connectivity index (χ3v) is 10.4. The van der Waals surface area contributed by atoms with Crippen molar-refractivity contribution in [2.45, 2.75) is 45.3 Å². The number of nitro groups is 1. The van der Waals surface area contributed by atoms with Crippen LogP contribution in [0.25, 0.3) is 5.88 Å². The maximum Gasteiger partial charge on any atom is 0.272 e. The lowest BCUT2D eigenvalue weighted by atomic mass is 10.2. The number of nitro benzene ring substituents is 1. The quantitative estimate of drug-likeness (QED) is 0.289. The number of nitrogens with one attached hydrogen (secondary N) is 1. The Balaban J connectivity index is 1.76. The number of fused-ring (bicyclic) bond motifs is 1. The molecule has 1 aliphatic heterocycles. The highest BCUT2D eigenvalue weighted by molar-refractivity contribution is 6.74. The monoisotopic (exact) mass is 448 g/mol. The summed E-state index contributed by atoms with van der Waals surface area (Å²) in [5.41, 5.74) is -0.325. The second kappa shape index (κ2) is 8.79. The van der Waals surface area contributed by atoms with Gasteiger partial charge < -0.3 is 19.0 Å². The minimum absolute atomic E-state index is 0.0782. The van der Waals surface area contributed by atoms with Crippen LogP contribution in [-0.2, 0) is 4.43 Å². The first kappa shape index (κ1) is 23.0. The largest absolute Gasteiger partial charge is 0.436 e. The molecule has 0 atom stereocenters. The molecule has 0 amide bonds. The SMILES string of the molecule is CC(C)(C)[Si](C)(C)OCCCN1CN=c2cc[nH]c2=C1Oc1ccc([N+](=O)[O-])cc1F. The molecule has 0 saturated carbocycles. The Hall–Kier alpha value is -2.72. The van der Waals surface area contributed by atoms with Crippen LogP contribution >= 0.6 is 0 Å². The van der Waals surface area contributed by atoms with E-state index in [2.05, 4.69) is 43.8 Å². The number of ether oxygens (including phenoxy) is 1. The van der Waals surface area contributed by atoms with Crippen molar-refractivity contribution in [1.29, 1.82) is 0 Å². The lowest BCUT2D eigenvalue weighted by molar-refractivity contribution is -0.385. The summed E-state index contributed by atoms with van der Waals surface area (Å²) in [4.78, 5) is 19.8. The van der Waals surface area contributed by atoms with Crippen LogP contribution in [0.15, 0.2) is 35.5 Å². The molecule has 2 heterocycles. The number of hydrogen-bond acceptors (Lipinski definition) is 6. The van der Waals surface area contributed by atoms with Crippen LogP contribution in [0.5, 0.6) is 5.75 Å². The molecule has 168 valence electrons. The highest BCUT2D eigenvalue weighted by Crippen LogP contribution is 2.36. The number of aromatic amines is 1. The third-order valence-electron chi connectivity index (χ3n) is 5.81. The zero-order valence-corrected chi connectivity index (χ0v) is 19.6. The molecule has 0 radical (unpaired) electrons. The normalized spacial score (nSPS) is 14.3. The Bertz CT molecular complexity index is 1080. The Morgan fingerprint density at radius 3 is 2.71 bits per heavy atom. The maximum atomic E-state index is 14.4. The number of hydrogen-bond donors (Lipinski definition) is 1. The topological polar surface area (TPSA) is 93.0 Å². The van der Waals surface area contributed by atoms with E-state index >= 15 is 0 Å². The Morgan fingerprint density at radius 1 is 1.32 bits per heavy atom. The van der Waals surface area contributed by atoms with Crippen LogP contribution in [-0.4, -0.2) is 42.9 Å². The van der Waals surface area contributed by atoms with Crippen molar-refractivity contribution >= 4 is 19.9 Å². The molecule has 0 aliphatic carbocycles. The van der Waals surface area contributed by atoms with Crippen molar-refractivity contribution in [1.82, 2.24) is 9.88 Å². The Morgan fingerprint density at radius 2 is 2.06 bits per heavy atom. The number of benzene rings is 1. The van der Waals surface area contributed by atoms with Crippen LogP contribution in [0.3, 0.4) is 0 Å². The summed E-state index contributed by atoms with van der Waals surface area (Å²) in [5.74, 6) is -0.431. The van der Waals surface area contributed by atoms with Crippen LogP contribution in [0.4, 0.5) is 10.1 Å². The summed E-state index contributed by atoms with van der Waals surface area (Å²) in [7, 11) is -1.83. The molecular formula is C21H29FN4O4Si. The fourth-order valence-electron chi connectivity index (χ4n) is 2.93.